The molecule has 0 unspecified atom stereocenters. The minimum absolute atomic E-state index is 0.117. The Labute approximate surface area is 278 Å². The number of rotatable bonds is 4. The normalized spacial score (nSPS) is 16.1. The first kappa shape index (κ1) is 28.2. The van der Waals surface area contributed by atoms with E-state index in [2.05, 4.69) is 175 Å². The Kier molecular flexibility index (Phi) is 6.28. The van der Waals surface area contributed by atoms with Crippen LogP contribution >= 0.6 is 0 Å². The average Bonchev–Trinajstić information content (AvgIpc) is 3.70. The van der Waals surface area contributed by atoms with Crippen LogP contribution in [0, 0.1) is 0 Å². The standard InChI is InChI=1S/C42H36GeN4/c1-42(2)35-16-5-7-18-37(35)43(41-21-10-11-24-44-41,38-19-8-6-17-36(38)42)30-22-23-34-33-15-4-9-20-39(33)47(40(34)27-30)32-14-12-13-31(28-32)46-26-25-45(3)29-46/h4-28H,29H2,1-3H3. The molecule has 0 spiro atoms. The first-order valence-corrected chi connectivity index (χ1v) is 20.6. The van der Waals surface area contributed by atoms with E-state index in [1.165, 1.54) is 62.0 Å². The van der Waals surface area contributed by atoms with E-state index in [1.54, 1.807) is 0 Å². The number of hydrogen-bond donors (Lipinski definition) is 0. The summed E-state index contributed by atoms with van der Waals surface area (Å²) < 4.78 is 8.04. The van der Waals surface area contributed by atoms with Gasteiger partial charge in [0, 0.05) is 0 Å². The Hall–Kier alpha value is -5.07. The van der Waals surface area contributed by atoms with Crippen molar-refractivity contribution in [1.29, 1.82) is 0 Å². The fourth-order valence-corrected chi connectivity index (χ4v) is 19.5. The number of fused-ring (bicyclic) bond motifs is 5. The summed E-state index contributed by atoms with van der Waals surface area (Å²) in [6.07, 6.45) is 6.27. The number of hydrogen-bond acceptors (Lipinski definition) is 3. The fourth-order valence-electron chi connectivity index (χ4n) is 8.31. The van der Waals surface area contributed by atoms with Crippen LogP contribution in [0.2, 0.25) is 0 Å². The van der Waals surface area contributed by atoms with Gasteiger partial charge in [-0.05, 0) is 0 Å². The molecule has 47 heavy (non-hydrogen) atoms. The quantitative estimate of drug-likeness (QED) is 0.204. The summed E-state index contributed by atoms with van der Waals surface area (Å²) >= 11 is -3.63. The molecule has 0 bridgehead atoms. The Morgan fingerprint density at radius 3 is 2.02 bits per heavy atom. The van der Waals surface area contributed by atoms with Crippen LogP contribution in [-0.4, -0.2) is 41.4 Å². The van der Waals surface area contributed by atoms with Crippen molar-refractivity contribution in [2.24, 2.45) is 0 Å². The summed E-state index contributed by atoms with van der Waals surface area (Å²) in [4.78, 5) is 9.72. The van der Waals surface area contributed by atoms with E-state index in [0.29, 0.717) is 0 Å². The van der Waals surface area contributed by atoms with Gasteiger partial charge in [-0.15, -0.1) is 0 Å². The minimum atomic E-state index is -3.63. The number of aromatic nitrogens is 2. The predicted octanol–water partition coefficient (Wildman–Crippen LogP) is 6.38. The van der Waals surface area contributed by atoms with Crippen molar-refractivity contribution in [2.75, 3.05) is 18.6 Å². The number of benzene rings is 5. The fraction of sp³-hybridized carbons (Fsp3) is 0.119. The van der Waals surface area contributed by atoms with Gasteiger partial charge in [-0.2, -0.15) is 0 Å². The van der Waals surface area contributed by atoms with E-state index in [4.69, 9.17) is 4.98 Å². The molecule has 2 aliphatic heterocycles. The molecule has 2 aliphatic rings. The van der Waals surface area contributed by atoms with Crippen molar-refractivity contribution in [3.8, 4) is 5.69 Å². The maximum atomic E-state index is 5.22. The second-order valence-corrected chi connectivity index (χ2v) is 21.1. The number of nitrogens with zero attached hydrogens (tertiary/aromatic N) is 4. The first-order chi connectivity index (χ1) is 23.0. The summed E-state index contributed by atoms with van der Waals surface area (Å²) in [5, 5.41) is 2.54. The molecule has 0 fully saturated rings. The van der Waals surface area contributed by atoms with Crippen LogP contribution in [0.25, 0.3) is 27.5 Å². The average molecular weight is 669 g/mol. The third-order valence-electron chi connectivity index (χ3n) is 10.5. The number of para-hydroxylation sites is 1. The van der Waals surface area contributed by atoms with Gasteiger partial charge in [0.2, 0.25) is 0 Å². The van der Waals surface area contributed by atoms with Crippen LogP contribution < -0.4 is 22.6 Å². The molecule has 5 heteroatoms. The van der Waals surface area contributed by atoms with Gasteiger partial charge in [0.25, 0.3) is 0 Å². The topological polar surface area (TPSA) is 24.3 Å². The summed E-state index contributed by atoms with van der Waals surface area (Å²) in [6.45, 7) is 5.61. The zero-order valence-electron chi connectivity index (χ0n) is 26.9. The van der Waals surface area contributed by atoms with Gasteiger partial charge in [-0.3, -0.25) is 0 Å². The van der Waals surface area contributed by atoms with Crippen molar-refractivity contribution < 1.29 is 0 Å². The van der Waals surface area contributed by atoms with Crippen LogP contribution in [0.5, 0.6) is 0 Å². The summed E-state index contributed by atoms with van der Waals surface area (Å²) in [6, 6.07) is 50.1. The zero-order chi connectivity index (χ0) is 31.8. The van der Waals surface area contributed by atoms with Crippen molar-refractivity contribution in [3.63, 3.8) is 0 Å². The second kappa shape index (κ2) is 10.5. The van der Waals surface area contributed by atoms with E-state index >= 15 is 0 Å². The van der Waals surface area contributed by atoms with Crippen molar-refractivity contribution in [1.82, 2.24) is 14.5 Å². The third-order valence-corrected chi connectivity index (χ3v) is 20.4. The van der Waals surface area contributed by atoms with Crippen LogP contribution in [0.4, 0.5) is 5.69 Å². The van der Waals surface area contributed by atoms with Gasteiger partial charge in [0.05, 0.1) is 0 Å². The van der Waals surface area contributed by atoms with Gasteiger partial charge >= 0.3 is 280 Å². The summed E-state index contributed by atoms with van der Waals surface area (Å²) in [5.41, 5.74) is 7.52. The Balaban J connectivity index is 1.38. The summed E-state index contributed by atoms with van der Waals surface area (Å²) in [7, 11) is 2.11. The zero-order valence-corrected chi connectivity index (χ0v) is 29.0. The molecule has 0 saturated carbocycles. The molecule has 228 valence electrons. The molecule has 7 aromatic rings. The molecular formula is C42H36GeN4. The van der Waals surface area contributed by atoms with E-state index in [1.807, 2.05) is 12.3 Å². The number of pyridine rings is 1. The molecule has 0 radical (unpaired) electrons. The van der Waals surface area contributed by atoms with Crippen LogP contribution in [0.3, 0.4) is 0 Å². The van der Waals surface area contributed by atoms with Crippen LogP contribution in [0.1, 0.15) is 25.0 Å². The monoisotopic (exact) mass is 670 g/mol. The molecule has 9 rings (SSSR count). The molecule has 4 heterocycles. The maximum absolute atomic E-state index is 5.22. The first-order valence-electron chi connectivity index (χ1n) is 16.4. The van der Waals surface area contributed by atoms with Gasteiger partial charge in [-0.1, -0.05) is 0 Å². The van der Waals surface area contributed by atoms with Crippen LogP contribution in [0.15, 0.2) is 152 Å². The predicted molar refractivity (Wildman–Crippen MR) is 199 cm³/mol. The van der Waals surface area contributed by atoms with Crippen molar-refractivity contribution in [2.45, 2.75) is 19.3 Å². The van der Waals surface area contributed by atoms with Gasteiger partial charge in [-0.25, -0.2) is 0 Å². The van der Waals surface area contributed by atoms with Crippen molar-refractivity contribution >= 4 is 58.5 Å². The number of anilines is 1. The van der Waals surface area contributed by atoms with E-state index < -0.39 is 13.3 Å². The Morgan fingerprint density at radius 1 is 0.617 bits per heavy atom. The molecular weight excluding hydrogens is 633 g/mol. The van der Waals surface area contributed by atoms with E-state index in [-0.39, 0.29) is 5.41 Å². The van der Waals surface area contributed by atoms with Crippen LogP contribution in [-0.2, 0) is 5.41 Å². The molecule has 0 amide bonds. The molecule has 4 nitrogen and oxygen atoms in total. The summed E-state index contributed by atoms with van der Waals surface area (Å²) in [5.74, 6) is 0. The van der Waals surface area contributed by atoms with Crippen molar-refractivity contribution in [3.05, 3.63) is 163 Å². The SMILES string of the molecule is CN1C=CN(c2cccc(-n3c4ccccc4c4cc[c]([Ge]5([c]6ccccn6)[c]6ccccc6C(C)(C)c6cccc[c]65)cc43)c2)C1. The molecule has 0 aliphatic carbocycles. The van der Waals surface area contributed by atoms with Gasteiger partial charge in [0.15, 0.2) is 0 Å². The van der Waals surface area contributed by atoms with E-state index in [9.17, 15) is 0 Å². The van der Waals surface area contributed by atoms with Gasteiger partial charge in [0.1, 0.15) is 0 Å². The Bertz CT molecular complexity index is 2300. The molecule has 5 aromatic carbocycles. The Morgan fingerprint density at radius 2 is 1.30 bits per heavy atom. The van der Waals surface area contributed by atoms with E-state index in [0.717, 1.165) is 6.67 Å². The van der Waals surface area contributed by atoms with Gasteiger partial charge < -0.3 is 0 Å². The third kappa shape index (κ3) is 4.04. The molecule has 0 atom stereocenters. The molecule has 0 saturated heterocycles. The second-order valence-electron chi connectivity index (χ2n) is 13.5. The molecule has 0 N–H and O–H groups in total. The molecule has 2 aromatic heterocycles.